The van der Waals surface area contributed by atoms with Gasteiger partial charge >= 0.3 is 21.7 Å². The summed E-state index contributed by atoms with van der Waals surface area (Å²) in [5, 5.41) is 0. The van der Waals surface area contributed by atoms with Gasteiger partial charge in [0.05, 0.1) is 0 Å². The minimum atomic E-state index is 0. The summed E-state index contributed by atoms with van der Waals surface area (Å²) in [6.07, 6.45) is 0. The van der Waals surface area contributed by atoms with Crippen LogP contribution < -0.4 is 0 Å². The van der Waals surface area contributed by atoms with Crippen LogP contribution in [0.3, 0.4) is 0 Å². The zero-order valence-electron chi connectivity index (χ0n) is 3.50. The van der Waals surface area contributed by atoms with Crippen LogP contribution in [0.15, 0.2) is 0 Å². The van der Waals surface area contributed by atoms with Crippen molar-refractivity contribution in [2.75, 3.05) is 0 Å². The van der Waals surface area contributed by atoms with Crippen LogP contribution in [0.25, 0.3) is 0 Å². The second kappa shape index (κ2) is 60.9. The molecule has 0 atom stereocenters. The Labute approximate surface area is 61.4 Å². The Morgan fingerprint density at radius 3 is 0.600 bits per heavy atom. The molecular weight excluding hydrogens is 111 g/mol. The van der Waals surface area contributed by atoms with Gasteiger partial charge in [-0.1, -0.05) is 0 Å². The van der Waals surface area contributed by atoms with Crippen LogP contribution in [0.4, 0.5) is 0 Å². The fourth-order valence-electron chi connectivity index (χ4n) is 0. The van der Waals surface area contributed by atoms with Gasteiger partial charge in [-0.15, -0.1) is 0 Å². The summed E-state index contributed by atoms with van der Waals surface area (Å²) in [4.78, 5) is 0. The molecule has 0 saturated carbocycles. The minimum absolute atomic E-state index is 0. The first-order chi connectivity index (χ1) is 0. The van der Waals surface area contributed by atoms with Gasteiger partial charge in [0.1, 0.15) is 0 Å². The molecule has 0 spiro atoms. The van der Waals surface area contributed by atoms with Crippen LogP contribution in [0, 0.1) is 22.3 Å². The molecule has 1 radical (unpaired) electrons. The van der Waals surface area contributed by atoms with Crippen LogP contribution >= 0.6 is 0 Å². The molecule has 0 fully saturated rings. The predicted molar refractivity (Wildman–Crippen MR) is 29.2 cm³/mol. The van der Waals surface area contributed by atoms with E-state index in [1.165, 1.54) is 0 Å². The van der Waals surface area contributed by atoms with Gasteiger partial charge in [0.15, 0.2) is 17.4 Å². The molecule has 0 aromatic heterocycles. The maximum atomic E-state index is 0. The van der Waals surface area contributed by atoms with Crippen LogP contribution in [0.1, 0.15) is 0 Å². The van der Waals surface area contributed by atoms with Crippen LogP contribution in [-0.4, -0.2) is 17.4 Å². The molecule has 0 aromatic rings. The molecule has 0 aromatic carbocycles. The van der Waals surface area contributed by atoms with E-state index in [4.69, 9.17) is 0 Å². The summed E-state index contributed by atoms with van der Waals surface area (Å²) in [5.74, 6) is 0. The monoisotopic (exact) mass is 123 g/mol. The van der Waals surface area contributed by atoms with Crippen molar-refractivity contribution in [3.8, 4) is 0 Å². The molecule has 0 aliphatic heterocycles. The Bertz CT molecular complexity index is 6.85. The second-order valence-electron chi connectivity index (χ2n) is 0. The summed E-state index contributed by atoms with van der Waals surface area (Å²) in [6, 6.07) is 0. The van der Waals surface area contributed by atoms with Gasteiger partial charge in [-0.05, 0) is 0 Å². The number of hydrogen-bond acceptors (Lipinski definition) is 0. The minimum Gasteiger partial charge on any atom is -0.358 e. The normalized spacial score (nSPS) is 0. The molecule has 0 amide bonds. The number of hydrogen-bond donors (Lipinski definition) is 0. The first kappa shape index (κ1) is 111. The fraction of sp³-hybridized carbons (Fsp3) is 0. The van der Waals surface area contributed by atoms with Gasteiger partial charge < -0.3 is 22.3 Å². The molecule has 0 heterocycles. The van der Waals surface area contributed by atoms with Gasteiger partial charge in [0.25, 0.3) is 0 Å². The summed E-state index contributed by atoms with van der Waals surface area (Å²) < 4.78 is 0. The first-order valence-electron chi connectivity index (χ1n) is 0. The SMILES string of the molecule is [AlH3].[CH3-].[CH3-].[CH3-].[Ti+3]. The van der Waals surface area contributed by atoms with Crippen molar-refractivity contribution in [1.29, 1.82) is 0 Å². The van der Waals surface area contributed by atoms with Crippen molar-refractivity contribution in [3.63, 3.8) is 0 Å². The van der Waals surface area contributed by atoms with Gasteiger partial charge in [-0.3, -0.25) is 0 Å². The zero-order valence-corrected chi connectivity index (χ0v) is 5.06. The molecule has 0 N–H and O–H groups in total. The van der Waals surface area contributed by atoms with Crippen molar-refractivity contribution in [2.24, 2.45) is 0 Å². The topological polar surface area (TPSA) is 0 Å². The maximum Gasteiger partial charge on any atom is 3.00 e. The largest absolute Gasteiger partial charge is 3.00 e. The molecule has 0 nitrogen and oxygen atoms in total. The third-order valence-electron chi connectivity index (χ3n) is 0. The van der Waals surface area contributed by atoms with E-state index in [9.17, 15) is 0 Å². The van der Waals surface area contributed by atoms with Crippen LogP contribution in [0.2, 0.25) is 0 Å². The molecule has 0 rings (SSSR count). The quantitative estimate of drug-likeness (QED) is 0.318. The summed E-state index contributed by atoms with van der Waals surface area (Å²) >= 11 is 0. The van der Waals surface area contributed by atoms with Gasteiger partial charge in [0.2, 0.25) is 0 Å². The Balaban J connectivity index is 0. The zero-order chi connectivity index (χ0) is 0. The van der Waals surface area contributed by atoms with E-state index in [1.807, 2.05) is 0 Å². The summed E-state index contributed by atoms with van der Waals surface area (Å²) in [5.41, 5.74) is 0. The Morgan fingerprint density at radius 1 is 0.600 bits per heavy atom. The smallest absolute Gasteiger partial charge is 0.358 e. The van der Waals surface area contributed by atoms with Crippen molar-refractivity contribution < 1.29 is 21.7 Å². The van der Waals surface area contributed by atoms with Crippen molar-refractivity contribution in [1.82, 2.24) is 0 Å². The standard InChI is InChI=1S/3CH3.Al.Ti.3H/h3*1H3;;;;;/q3*-1;;+3;;;. The predicted octanol–water partition coefficient (Wildman–Crippen LogP) is 0.164. The average molecular weight is 123 g/mol. The van der Waals surface area contributed by atoms with E-state index in [0.29, 0.717) is 0 Å². The molecule has 2 heteroatoms. The van der Waals surface area contributed by atoms with E-state index in [2.05, 4.69) is 0 Å². The summed E-state index contributed by atoms with van der Waals surface area (Å²) in [6.45, 7) is 0. The van der Waals surface area contributed by atoms with E-state index in [1.54, 1.807) is 0 Å². The van der Waals surface area contributed by atoms with E-state index in [0.717, 1.165) is 0 Å². The van der Waals surface area contributed by atoms with Crippen molar-refractivity contribution in [3.05, 3.63) is 22.3 Å². The van der Waals surface area contributed by atoms with Gasteiger partial charge in [-0.25, -0.2) is 0 Å². The van der Waals surface area contributed by atoms with E-state index in [-0.39, 0.29) is 61.4 Å². The molecule has 31 valence electrons. The maximum absolute atomic E-state index is 0. The van der Waals surface area contributed by atoms with Crippen molar-refractivity contribution in [2.45, 2.75) is 0 Å². The number of rotatable bonds is 0. The van der Waals surface area contributed by atoms with Gasteiger partial charge in [0, 0.05) is 0 Å². The van der Waals surface area contributed by atoms with Crippen LogP contribution in [0.5, 0.6) is 0 Å². The Hall–Kier alpha value is 1.25. The molecular formula is C3H12AlTi. The Kier molecular flexibility index (Phi) is 1350. The van der Waals surface area contributed by atoms with E-state index >= 15 is 0 Å². The third-order valence-corrected chi connectivity index (χ3v) is 0. The molecule has 0 unspecified atom stereocenters. The van der Waals surface area contributed by atoms with Crippen LogP contribution in [-0.2, 0) is 21.7 Å². The molecule has 5 heavy (non-hydrogen) atoms. The average Bonchev–Trinajstić information content (AvgIpc) is 0. The third kappa shape index (κ3) is 35.6. The molecule has 0 bridgehead atoms. The van der Waals surface area contributed by atoms with Crippen molar-refractivity contribution >= 4 is 17.4 Å². The molecule has 0 aliphatic carbocycles. The first-order valence-corrected chi connectivity index (χ1v) is 0. The van der Waals surface area contributed by atoms with E-state index < -0.39 is 0 Å². The van der Waals surface area contributed by atoms with Gasteiger partial charge in [-0.2, -0.15) is 0 Å². The molecule has 0 saturated heterocycles. The fourth-order valence-corrected chi connectivity index (χ4v) is 0. The second-order valence-corrected chi connectivity index (χ2v) is 0. The molecule has 0 aliphatic rings. The Morgan fingerprint density at radius 2 is 0.600 bits per heavy atom. The summed E-state index contributed by atoms with van der Waals surface area (Å²) in [7, 11) is 0.